The first-order valence-electron chi connectivity index (χ1n) is 10.6. The van der Waals surface area contributed by atoms with Gasteiger partial charge in [-0.25, -0.2) is 9.98 Å². The maximum Gasteiger partial charge on any atom is 0.191 e. The molecule has 0 spiro atoms. The summed E-state index contributed by atoms with van der Waals surface area (Å²) in [6.45, 7) is 6.51. The van der Waals surface area contributed by atoms with Crippen LogP contribution in [0.15, 0.2) is 46.1 Å². The van der Waals surface area contributed by atoms with Crippen LogP contribution < -0.4 is 15.5 Å². The summed E-state index contributed by atoms with van der Waals surface area (Å²) in [6.07, 6.45) is 7.42. The minimum Gasteiger partial charge on any atom is -0.468 e. The predicted octanol–water partition coefficient (Wildman–Crippen LogP) is 3.64. The molecule has 2 aromatic rings. The second-order valence-corrected chi connectivity index (χ2v) is 7.62. The molecule has 3 rings (SSSR count). The molecule has 3 heterocycles. The van der Waals surface area contributed by atoms with Gasteiger partial charge < -0.3 is 20.0 Å². The highest BCUT2D eigenvalue weighted by atomic mass is 127. The van der Waals surface area contributed by atoms with E-state index in [0.717, 1.165) is 49.3 Å². The zero-order chi connectivity index (χ0) is 20.5. The first-order chi connectivity index (χ1) is 14.2. The van der Waals surface area contributed by atoms with Gasteiger partial charge in [0.15, 0.2) is 5.96 Å². The van der Waals surface area contributed by atoms with Gasteiger partial charge in [-0.05, 0) is 62.7 Å². The van der Waals surface area contributed by atoms with Crippen LogP contribution in [0.2, 0.25) is 0 Å². The number of anilines is 1. The molecule has 1 aliphatic heterocycles. The number of pyridine rings is 1. The molecule has 1 atom stereocenters. The summed E-state index contributed by atoms with van der Waals surface area (Å²) in [4.78, 5) is 13.7. The Kier molecular flexibility index (Phi) is 10.4. The number of guanidine groups is 1. The monoisotopic (exact) mass is 526 g/mol. The van der Waals surface area contributed by atoms with E-state index in [9.17, 15) is 0 Å². The smallest absolute Gasteiger partial charge is 0.191 e. The number of likely N-dealkylation sites (tertiary alicyclic amines) is 1. The number of piperidine rings is 1. The summed E-state index contributed by atoms with van der Waals surface area (Å²) in [5.41, 5.74) is 1.14. The minimum absolute atomic E-state index is 0. The molecule has 0 aromatic carbocycles. The number of rotatable bonds is 8. The fourth-order valence-corrected chi connectivity index (χ4v) is 3.63. The van der Waals surface area contributed by atoms with Crippen molar-refractivity contribution in [2.45, 2.75) is 38.8 Å². The summed E-state index contributed by atoms with van der Waals surface area (Å²) in [5, 5.41) is 6.88. The van der Waals surface area contributed by atoms with E-state index in [1.165, 1.54) is 19.3 Å². The van der Waals surface area contributed by atoms with Crippen LogP contribution >= 0.6 is 24.0 Å². The number of hydrogen-bond acceptors (Lipinski definition) is 5. The van der Waals surface area contributed by atoms with Gasteiger partial charge in [0.25, 0.3) is 0 Å². The lowest BCUT2D eigenvalue weighted by molar-refractivity contribution is 0.146. The number of aromatic nitrogens is 1. The van der Waals surface area contributed by atoms with Crippen LogP contribution in [0.5, 0.6) is 0 Å². The molecule has 0 aliphatic carbocycles. The van der Waals surface area contributed by atoms with Gasteiger partial charge in [-0.2, -0.15) is 0 Å². The topological polar surface area (TPSA) is 68.9 Å². The van der Waals surface area contributed by atoms with Crippen LogP contribution in [-0.4, -0.2) is 56.1 Å². The lowest BCUT2D eigenvalue weighted by Gasteiger charge is -2.33. The van der Waals surface area contributed by atoms with E-state index >= 15 is 0 Å². The average Bonchev–Trinajstić information content (AvgIpc) is 3.27. The first-order valence-corrected chi connectivity index (χ1v) is 10.6. The molecule has 30 heavy (non-hydrogen) atoms. The molecule has 2 N–H and O–H groups in total. The number of nitrogens with zero attached hydrogens (tertiary/aromatic N) is 4. The van der Waals surface area contributed by atoms with Crippen LogP contribution in [0.3, 0.4) is 0 Å². The fourth-order valence-electron chi connectivity index (χ4n) is 3.63. The maximum absolute atomic E-state index is 5.75. The second-order valence-electron chi connectivity index (χ2n) is 7.62. The lowest BCUT2D eigenvalue weighted by atomic mass is 10.1. The molecule has 166 valence electrons. The van der Waals surface area contributed by atoms with E-state index in [2.05, 4.69) is 39.6 Å². The summed E-state index contributed by atoms with van der Waals surface area (Å²) in [5.74, 6) is 2.78. The first kappa shape index (κ1) is 24.5. The zero-order valence-electron chi connectivity index (χ0n) is 18.3. The second kappa shape index (κ2) is 12.8. The lowest BCUT2D eigenvalue weighted by Crippen LogP contribution is -2.44. The molecule has 1 fully saturated rings. The van der Waals surface area contributed by atoms with E-state index in [4.69, 9.17) is 9.41 Å². The third-order valence-electron chi connectivity index (χ3n) is 5.20. The molecular formula is C22H35IN6O. The molecular weight excluding hydrogens is 491 g/mol. The summed E-state index contributed by atoms with van der Waals surface area (Å²) in [7, 11) is 3.99. The Morgan fingerprint density at radius 1 is 1.23 bits per heavy atom. The number of furan rings is 1. The van der Waals surface area contributed by atoms with Crippen molar-refractivity contribution in [2.24, 2.45) is 4.99 Å². The zero-order valence-corrected chi connectivity index (χ0v) is 20.6. The molecule has 0 bridgehead atoms. The van der Waals surface area contributed by atoms with Gasteiger partial charge >= 0.3 is 0 Å². The molecule has 1 saturated heterocycles. The highest BCUT2D eigenvalue weighted by Gasteiger charge is 2.24. The Morgan fingerprint density at radius 2 is 2.03 bits per heavy atom. The van der Waals surface area contributed by atoms with Crippen molar-refractivity contribution in [1.29, 1.82) is 0 Å². The fraction of sp³-hybridized carbons (Fsp3) is 0.545. The Labute approximate surface area is 197 Å². The van der Waals surface area contributed by atoms with Crippen molar-refractivity contribution in [1.82, 2.24) is 20.5 Å². The standard InChI is InChI=1S/C22H34N6O.HI/c1-4-23-22(25-16-18-10-11-24-21(15-18)27(2)3)26-17-19(20-9-8-14-29-20)28-12-6-5-7-13-28;/h8-11,14-15,19H,4-7,12-13,16-17H2,1-3H3,(H2,23,25,26);1H. The molecule has 0 amide bonds. The summed E-state index contributed by atoms with van der Waals surface area (Å²) < 4.78 is 5.75. The predicted molar refractivity (Wildman–Crippen MR) is 134 cm³/mol. The number of nitrogens with one attached hydrogen (secondary N) is 2. The van der Waals surface area contributed by atoms with Gasteiger partial charge in [0.2, 0.25) is 0 Å². The van der Waals surface area contributed by atoms with Crippen molar-refractivity contribution < 1.29 is 4.42 Å². The van der Waals surface area contributed by atoms with E-state index in [-0.39, 0.29) is 30.0 Å². The van der Waals surface area contributed by atoms with E-state index in [1.54, 1.807) is 6.26 Å². The molecule has 1 unspecified atom stereocenters. The molecule has 2 aromatic heterocycles. The van der Waals surface area contributed by atoms with Crippen molar-refractivity contribution in [2.75, 3.05) is 45.2 Å². The summed E-state index contributed by atoms with van der Waals surface area (Å²) in [6, 6.07) is 8.35. The van der Waals surface area contributed by atoms with Gasteiger partial charge in [0, 0.05) is 33.4 Å². The highest BCUT2D eigenvalue weighted by Crippen LogP contribution is 2.24. The van der Waals surface area contributed by atoms with Gasteiger partial charge in [-0.3, -0.25) is 4.90 Å². The Bertz CT molecular complexity index is 759. The van der Waals surface area contributed by atoms with E-state index in [1.807, 2.05) is 37.3 Å². The van der Waals surface area contributed by atoms with Crippen molar-refractivity contribution >= 4 is 35.8 Å². The average molecular weight is 526 g/mol. The van der Waals surface area contributed by atoms with Gasteiger partial charge in [-0.15, -0.1) is 24.0 Å². The Balaban J connectivity index is 0.00000320. The van der Waals surface area contributed by atoms with Crippen molar-refractivity contribution in [3.05, 3.63) is 48.0 Å². The van der Waals surface area contributed by atoms with Crippen LogP contribution in [-0.2, 0) is 6.54 Å². The van der Waals surface area contributed by atoms with Crippen LogP contribution in [0.4, 0.5) is 5.82 Å². The normalized spacial score (nSPS) is 15.9. The maximum atomic E-state index is 5.75. The quantitative estimate of drug-likeness (QED) is 0.311. The van der Waals surface area contributed by atoms with Gasteiger partial charge in [0.1, 0.15) is 11.6 Å². The van der Waals surface area contributed by atoms with Gasteiger partial charge in [-0.1, -0.05) is 6.42 Å². The van der Waals surface area contributed by atoms with E-state index < -0.39 is 0 Å². The SMILES string of the molecule is CCNC(=NCc1ccnc(N(C)C)c1)NCC(c1ccco1)N1CCCCC1.I. The Hall–Kier alpha value is -1.81. The minimum atomic E-state index is 0. The van der Waals surface area contributed by atoms with Crippen LogP contribution in [0, 0.1) is 0 Å². The third kappa shape index (κ3) is 7.16. The molecule has 7 nitrogen and oxygen atoms in total. The number of halogens is 1. The van der Waals surface area contributed by atoms with E-state index in [0.29, 0.717) is 6.54 Å². The molecule has 0 radical (unpaired) electrons. The molecule has 1 aliphatic rings. The van der Waals surface area contributed by atoms with Crippen LogP contribution in [0.25, 0.3) is 0 Å². The van der Waals surface area contributed by atoms with Crippen molar-refractivity contribution in [3.8, 4) is 0 Å². The molecule has 8 heteroatoms. The number of aliphatic imine (C=N–C) groups is 1. The summed E-state index contributed by atoms with van der Waals surface area (Å²) >= 11 is 0. The van der Waals surface area contributed by atoms with Crippen molar-refractivity contribution in [3.63, 3.8) is 0 Å². The largest absolute Gasteiger partial charge is 0.468 e. The van der Waals surface area contributed by atoms with Gasteiger partial charge in [0.05, 0.1) is 18.8 Å². The third-order valence-corrected chi connectivity index (χ3v) is 5.20. The van der Waals surface area contributed by atoms with Crippen LogP contribution in [0.1, 0.15) is 43.6 Å². The molecule has 0 saturated carbocycles. The highest BCUT2D eigenvalue weighted by molar-refractivity contribution is 14.0. The Morgan fingerprint density at radius 3 is 2.70 bits per heavy atom. The number of hydrogen-bond donors (Lipinski definition) is 2.